The van der Waals surface area contributed by atoms with E-state index in [4.69, 9.17) is 0 Å². The fraction of sp³-hybridized carbons (Fsp3) is 0.125. The fourth-order valence-corrected chi connectivity index (χ4v) is 2.41. The first-order valence-corrected chi connectivity index (χ1v) is 7.08. The highest BCUT2D eigenvalue weighted by molar-refractivity contribution is 7.10. The van der Waals surface area contributed by atoms with E-state index in [0.29, 0.717) is 16.8 Å². The lowest BCUT2D eigenvalue weighted by molar-refractivity contribution is -0.112. The van der Waals surface area contributed by atoms with Crippen molar-refractivity contribution in [2.75, 3.05) is 5.32 Å². The molecule has 1 amide bonds. The Labute approximate surface area is 122 Å². The molecule has 0 radical (unpaired) electrons. The molecule has 1 N–H and O–H groups in total. The van der Waals surface area contributed by atoms with E-state index in [1.807, 2.05) is 23.6 Å². The quantitative estimate of drug-likeness (QED) is 0.682. The third-order valence-corrected chi connectivity index (χ3v) is 3.61. The first kappa shape index (κ1) is 14.2. The van der Waals surface area contributed by atoms with E-state index in [0.717, 1.165) is 4.88 Å². The van der Waals surface area contributed by atoms with E-state index >= 15 is 0 Å². The maximum Gasteiger partial charge on any atom is 0.251 e. The van der Waals surface area contributed by atoms with Crippen molar-refractivity contribution in [3.05, 3.63) is 57.8 Å². The van der Waals surface area contributed by atoms with Crippen LogP contribution < -0.4 is 5.32 Å². The first-order valence-electron chi connectivity index (χ1n) is 6.20. The molecule has 20 heavy (non-hydrogen) atoms. The predicted octanol–water partition coefficient (Wildman–Crippen LogP) is 3.99. The minimum Gasteiger partial charge on any atom is -0.322 e. The summed E-state index contributed by atoms with van der Waals surface area (Å²) in [6, 6.07) is 10.8. The van der Waals surface area contributed by atoms with Gasteiger partial charge in [-0.3, -0.25) is 9.59 Å². The van der Waals surface area contributed by atoms with Crippen LogP contribution in [-0.2, 0) is 4.79 Å². The Kier molecular flexibility index (Phi) is 4.48. The van der Waals surface area contributed by atoms with Crippen molar-refractivity contribution >= 4 is 34.8 Å². The monoisotopic (exact) mass is 285 g/mol. The van der Waals surface area contributed by atoms with Crippen LogP contribution in [-0.4, -0.2) is 11.7 Å². The molecule has 0 spiro atoms. The van der Waals surface area contributed by atoms with Crippen molar-refractivity contribution in [1.82, 2.24) is 0 Å². The number of benzene rings is 1. The molecule has 0 aliphatic rings. The molecule has 4 heteroatoms. The van der Waals surface area contributed by atoms with Crippen LogP contribution in [0.15, 0.2) is 47.4 Å². The second-order valence-electron chi connectivity index (χ2n) is 4.43. The summed E-state index contributed by atoms with van der Waals surface area (Å²) in [4.78, 5) is 24.4. The van der Waals surface area contributed by atoms with E-state index in [2.05, 4.69) is 5.32 Å². The number of nitrogens with one attached hydrogen (secondary N) is 1. The zero-order valence-electron chi connectivity index (χ0n) is 11.3. The Morgan fingerprint density at radius 1 is 1.15 bits per heavy atom. The average molecular weight is 285 g/mol. The van der Waals surface area contributed by atoms with Gasteiger partial charge in [-0.25, -0.2) is 0 Å². The molecule has 0 aliphatic heterocycles. The molecule has 3 nitrogen and oxygen atoms in total. The Hall–Kier alpha value is -2.20. The summed E-state index contributed by atoms with van der Waals surface area (Å²) < 4.78 is 0. The maximum absolute atomic E-state index is 12.1. The van der Waals surface area contributed by atoms with Crippen molar-refractivity contribution in [3.63, 3.8) is 0 Å². The number of ketones is 1. The van der Waals surface area contributed by atoms with Gasteiger partial charge in [0.15, 0.2) is 5.78 Å². The van der Waals surface area contributed by atoms with Crippen LogP contribution >= 0.6 is 11.3 Å². The zero-order chi connectivity index (χ0) is 14.5. The van der Waals surface area contributed by atoms with Crippen LogP contribution in [0, 0.1) is 0 Å². The number of hydrogen-bond donors (Lipinski definition) is 1. The van der Waals surface area contributed by atoms with E-state index in [-0.39, 0.29) is 11.7 Å². The normalized spacial score (nSPS) is 11.2. The minimum absolute atomic E-state index is 0.0213. The summed E-state index contributed by atoms with van der Waals surface area (Å²) in [6.07, 6.45) is 1.84. The van der Waals surface area contributed by atoms with Gasteiger partial charge in [-0.05, 0) is 43.5 Å². The standard InChI is InChI=1S/C16H15NO2S/c1-11(9-15-7-4-8-20-15)16(19)17-14-6-3-5-13(10-14)12(2)18/h3-10H,1-2H3,(H,17,19)/b11-9+. The van der Waals surface area contributed by atoms with Crippen LogP contribution in [0.4, 0.5) is 5.69 Å². The number of thiophene rings is 1. The van der Waals surface area contributed by atoms with Crippen molar-refractivity contribution < 1.29 is 9.59 Å². The summed E-state index contributed by atoms with van der Waals surface area (Å²) in [6.45, 7) is 3.27. The highest BCUT2D eigenvalue weighted by Gasteiger charge is 2.07. The van der Waals surface area contributed by atoms with Gasteiger partial charge in [0.2, 0.25) is 0 Å². The first-order chi connectivity index (χ1) is 9.56. The largest absolute Gasteiger partial charge is 0.322 e. The highest BCUT2D eigenvalue weighted by atomic mass is 32.1. The molecule has 0 saturated carbocycles. The van der Waals surface area contributed by atoms with Gasteiger partial charge in [0.25, 0.3) is 5.91 Å². The van der Waals surface area contributed by atoms with Gasteiger partial charge in [-0.2, -0.15) is 0 Å². The molecular formula is C16H15NO2S. The number of Topliss-reactive ketones (excluding diaryl/α,β-unsaturated/α-hetero) is 1. The average Bonchev–Trinajstić information content (AvgIpc) is 2.91. The van der Waals surface area contributed by atoms with Crippen LogP contribution in [0.5, 0.6) is 0 Å². The van der Waals surface area contributed by atoms with Gasteiger partial charge >= 0.3 is 0 Å². The molecule has 0 saturated heterocycles. The SMILES string of the molecule is CC(=O)c1cccc(NC(=O)/C(C)=C/c2cccs2)c1. The molecule has 0 aliphatic carbocycles. The molecule has 1 heterocycles. The number of rotatable bonds is 4. The zero-order valence-corrected chi connectivity index (χ0v) is 12.2. The summed E-state index contributed by atoms with van der Waals surface area (Å²) in [5.41, 5.74) is 1.84. The smallest absolute Gasteiger partial charge is 0.251 e. The minimum atomic E-state index is -0.167. The highest BCUT2D eigenvalue weighted by Crippen LogP contribution is 2.16. The van der Waals surface area contributed by atoms with E-state index in [1.54, 1.807) is 42.5 Å². The van der Waals surface area contributed by atoms with Gasteiger partial charge in [-0.15, -0.1) is 11.3 Å². The lowest BCUT2D eigenvalue weighted by Crippen LogP contribution is -2.12. The maximum atomic E-state index is 12.1. The van der Waals surface area contributed by atoms with Crippen LogP contribution in [0.2, 0.25) is 0 Å². The van der Waals surface area contributed by atoms with Crippen molar-refractivity contribution in [2.24, 2.45) is 0 Å². The van der Waals surface area contributed by atoms with Gasteiger partial charge in [0.1, 0.15) is 0 Å². The number of hydrogen-bond acceptors (Lipinski definition) is 3. The summed E-state index contributed by atoms with van der Waals surface area (Å²) in [7, 11) is 0. The van der Waals surface area contributed by atoms with Gasteiger partial charge in [0, 0.05) is 21.7 Å². The molecule has 0 unspecified atom stereocenters. The summed E-state index contributed by atoms with van der Waals surface area (Å²) in [5.74, 6) is -0.189. The molecular weight excluding hydrogens is 270 g/mol. The Morgan fingerprint density at radius 3 is 2.60 bits per heavy atom. The number of anilines is 1. The molecule has 2 aromatic rings. The Bertz CT molecular complexity index is 657. The van der Waals surface area contributed by atoms with Crippen molar-refractivity contribution in [3.8, 4) is 0 Å². The van der Waals surface area contributed by atoms with E-state index in [1.165, 1.54) is 6.92 Å². The lowest BCUT2D eigenvalue weighted by atomic mass is 10.1. The molecule has 0 fully saturated rings. The van der Waals surface area contributed by atoms with Crippen molar-refractivity contribution in [2.45, 2.75) is 13.8 Å². The number of amides is 1. The van der Waals surface area contributed by atoms with Crippen molar-refractivity contribution in [1.29, 1.82) is 0 Å². The lowest BCUT2D eigenvalue weighted by Gasteiger charge is -2.06. The molecule has 2 rings (SSSR count). The number of carbonyl (C=O) groups excluding carboxylic acids is 2. The molecule has 0 atom stereocenters. The second kappa shape index (κ2) is 6.30. The van der Waals surface area contributed by atoms with Crippen LogP contribution in [0.25, 0.3) is 6.08 Å². The summed E-state index contributed by atoms with van der Waals surface area (Å²) in [5, 5.41) is 4.76. The van der Waals surface area contributed by atoms with Gasteiger partial charge < -0.3 is 5.32 Å². The van der Waals surface area contributed by atoms with Crippen LogP contribution in [0.1, 0.15) is 29.1 Å². The molecule has 102 valence electrons. The third kappa shape index (κ3) is 3.65. The Balaban J connectivity index is 2.11. The molecule has 1 aromatic carbocycles. The van der Waals surface area contributed by atoms with E-state index in [9.17, 15) is 9.59 Å². The van der Waals surface area contributed by atoms with E-state index < -0.39 is 0 Å². The predicted molar refractivity (Wildman–Crippen MR) is 83.0 cm³/mol. The summed E-state index contributed by atoms with van der Waals surface area (Å²) >= 11 is 1.58. The Morgan fingerprint density at radius 2 is 1.95 bits per heavy atom. The fourth-order valence-electron chi connectivity index (χ4n) is 1.70. The second-order valence-corrected chi connectivity index (χ2v) is 5.41. The van der Waals surface area contributed by atoms with Gasteiger partial charge in [-0.1, -0.05) is 18.2 Å². The van der Waals surface area contributed by atoms with Crippen LogP contribution in [0.3, 0.4) is 0 Å². The van der Waals surface area contributed by atoms with Gasteiger partial charge in [0.05, 0.1) is 0 Å². The topological polar surface area (TPSA) is 46.2 Å². The molecule has 1 aromatic heterocycles. The number of carbonyl (C=O) groups is 2. The molecule has 0 bridgehead atoms. The third-order valence-electron chi connectivity index (χ3n) is 2.79.